The fourth-order valence-electron chi connectivity index (χ4n) is 4.34. The number of nitrogens with one attached hydrogen (secondary N) is 3. The third-order valence-electron chi connectivity index (χ3n) is 6.27. The van der Waals surface area contributed by atoms with Crippen molar-refractivity contribution in [2.45, 2.75) is 18.8 Å². The Morgan fingerprint density at radius 2 is 2.06 bits per heavy atom. The molecule has 1 aromatic carbocycles. The van der Waals surface area contributed by atoms with Crippen LogP contribution in [0.2, 0.25) is 0 Å². The highest BCUT2D eigenvalue weighted by atomic mass is 16.2. The van der Waals surface area contributed by atoms with Crippen LogP contribution in [0.1, 0.15) is 34.8 Å². The molecule has 6 rings (SSSR count). The molecular weight excluding hydrogens is 404 g/mol. The highest BCUT2D eigenvalue weighted by Crippen LogP contribution is 2.39. The number of aliphatic imine (C=N–C) groups is 1. The Kier molecular flexibility index (Phi) is 4.77. The van der Waals surface area contributed by atoms with Gasteiger partial charge >= 0.3 is 0 Å². The van der Waals surface area contributed by atoms with Crippen LogP contribution in [0.25, 0.3) is 0 Å². The monoisotopic (exact) mass is 430 g/mol. The minimum absolute atomic E-state index is 0.0818. The highest BCUT2D eigenvalue weighted by molar-refractivity contribution is 5.97. The van der Waals surface area contributed by atoms with Gasteiger partial charge in [-0.1, -0.05) is 6.07 Å². The summed E-state index contributed by atoms with van der Waals surface area (Å²) in [4.78, 5) is 23.6. The number of benzene rings is 1. The lowest BCUT2D eigenvalue weighted by Gasteiger charge is -2.28. The van der Waals surface area contributed by atoms with E-state index in [2.05, 4.69) is 43.0 Å². The first kappa shape index (κ1) is 19.3. The van der Waals surface area contributed by atoms with Gasteiger partial charge in [-0.3, -0.25) is 15.2 Å². The molecule has 1 saturated heterocycles. The minimum atomic E-state index is 0.0818. The van der Waals surface area contributed by atoms with Crippen LogP contribution in [0.3, 0.4) is 0 Å². The van der Waals surface area contributed by atoms with Crippen molar-refractivity contribution in [2.75, 3.05) is 42.9 Å². The molecule has 9 heteroatoms. The van der Waals surface area contributed by atoms with Crippen LogP contribution in [0.15, 0.2) is 59.7 Å². The van der Waals surface area contributed by atoms with Crippen molar-refractivity contribution >= 4 is 23.2 Å². The first-order valence-corrected chi connectivity index (χ1v) is 11.2. The van der Waals surface area contributed by atoms with Gasteiger partial charge in [0.15, 0.2) is 12.0 Å². The number of carbonyl (C=O) groups is 1. The predicted molar refractivity (Wildman–Crippen MR) is 124 cm³/mol. The predicted octanol–water partition coefficient (Wildman–Crippen LogP) is 2.09. The molecule has 0 bridgehead atoms. The normalized spacial score (nSPS) is 20.8. The quantitative estimate of drug-likeness (QED) is 0.632. The van der Waals surface area contributed by atoms with Gasteiger partial charge in [-0.05, 0) is 35.9 Å². The van der Waals surface area contributed by atoms with Gasteiger partial charge in [0.2, 0.25) is 0 Å². The largest absolute Gasteiger partial charge is 0.336 e. The van der Waals surface area contributed by atoms with Crippen LogP contribution in [0, 0.1) is 0 Å². The van der Waals surface area contributed by atoms with Gasteiger partial charge in [0.1, 0.15) is 6.54 Å². The van der Waals surface area contributed by atoms with E-state index in [0.29, 0.717) is 18.0 Å². The third-order valence-corrected chi connectivity index (χ3v) is 6.27. The van der Waals surface area contributed by atoms with Gasteiger partial charge in [-0.2, -0.15) is 10.1 Å². The summed E-state index contributed by atoms with van der Waals surface area (Å²) in [5, 5.41) is 14.3. The third kappa shape index (κ3) is 3.69. The Morgan fingerprint density at radius 1 is 1.19 bits per heavy atom. The van der Waals surface area contributed by atoms with Crippen molar-refractivity contribution in [1.82, 2.24) is 25.3 Å². The number of amides is 1. The smallest absolute Gasteiger partial charge is 0.284 e. The van der Waals surface area contributed by atoms with Gasteiger partial charge in [0.25, 0.3) is 17.6 Å². The Labute approximate surface area is 186 Å². The lowest BCUT2D eigenvalue weighted by Crippen LogP contribution is -2.46. The fourth-order valence-corrected chi connectivity index (χ4v) is 4.34. The summed E-state index contributed by atoms with van der Waals surface area (Å²) >= 11 is 0. The summed E-state index contributed by atoms with van der Waals surface area (Å²) in [5.41, 5.74) is 2.86. The van der Waals surface area contributed by atoms with Crippen molar-refractivity contribution in [3.05, 3.63) is 66.0 Å². The molecule has 9 nitrogen and oxygen atoms in total. The summed E-state index contributed by atoms with van der Waals surface area (Å²) in [5.74, 6) is 3.29. The molecule has 163 valence electrons. The molecule has 4 heterocycles. The first-order valence-electron chi connectivity index (χ1n) is 11.2. The molecule has 1 radical (unpaired) electrons. The molecule has 3 aliphatic heterocycles. The molecule has 0 spiro atoms. The number of hydrogen-bond acceptors (Lipinski definition) is 7. The molecule has 1 aromatic heterocycles. The number of rotatable bonds is 5. The summed E-state index contributed by atoms with van der Waals surface area (Å²) in [6, 6.07) is 9.92. The average molecular weight is 431 g/mol. The molecule has 4 aliphatic rings. The zero-order chi connectivity index (χ0) is 21.5. The molecule has 2 aromatic rings. The van der Waals surface area contributed by atoms with Crippen LogP contribution in [-0.4, -0.2) is 59.6 Å². The molecule has 32 heavy (non-hydrogen) atoms. The van der Waals surface area contributed by atoms with Crippen molar-refractivity contribution in [2.24, 2.45) is 4.99 Å². The maximum absolute atomic E-state index is 13.0. The number of H-pyrrole nitrogens is 1. The van der Waals surface area contributed by atoms with Gasteiger partial charge in [0.05, 0.1) is 12.4 Å². The number of hydrogen-bond donors (Lipinski definition) is 3. The second-order valence-electron chi connectivity index (χ2n) is 8.56. The summed E-state index contributed by atoms with van der Waals surface area (Å²) in [6.45, 7) is 3.79. The van der Waals surface area contributed by atoms with E-state index in [1.807, 2.05) is 40.3 Å². The van der Waals surface area contributed by atoms with E-state index in [9.17, 15) is 4.79 Å². The van der Waals surface area contributed by atoms with Crippen LogP contribution in [0.5, 0.6) is 0 Å². The van der Waals surface area contributed by atoms with Gasteiger partial charge in [-0.15, -0.1) is 0 Å². The van der Waals surface area contributed by atoms with Crippen LogP contribution in [0.4, 0.5) is 11.5 Å². The van der Waals surface area contributed by atoms with Crippen molar-refractivity contribution in [3.8, 4) is 0 Å². The minimum Gasteiger partial charge on any atom is -0.336 e. The molecular formula is C23H26N8O+. The van der Waals surface area contributed by atoms with Gasteiger partial charge in [-0.25, -0.2) is 0 Å². The fraction of sp³-hybridized carbons (Fsp3) is 0.348. The number of anilines is 2. The summed E-state index contributed by atoms with van der Waals surface area (Å²) in [6.07, 6.45) is 8.26. The Bertz CT molecular complexity index is 1120. The maximum atomic E-state index is 13.0. The van der Waals surface area contributed by atoms with Gasteiger partial charge in [0, 0.05) is 55.1 Å². The molecule has 3 N–H and O–H groups in total. The molecule has 1 amide bonds. The van der Waals surface area contributed by atoms with Gasteiger partial charge < -0.3 is 15.1 Å². The van der Waals surface area contributed by atoms with Crippen LogP contribution >= 0.6 is 0 Å². The van der Waals surface area contributed by atoms with E-state index in [-0.39, 0.29) is 5.91 Å². The molecule has 2 fully saturated rings. The number of fused-ring (bicyclic) bond motifs is 1. The zero-order valence-corrected chi connectivity index (χ0v) is 17.8. The number of amidine groups is 1. The van der Waals surface area contributed by atoms with E-state index in [0.717, 1.165) is 49.3 Å². The maximum Gasteiger partial charge on any atom is 0.284 e. The first-order chi connectivity index (χ1) is 15.7. The lowest BCUT2D eigenvalue weighted by atomic mass is 10.1. The summed E-state index contributed by atoms with van der Waals surface area (Å²) < 4.78 is 0. The zero-order valence-electron chi connectivity index (χ0n) is 17.8. The Hall–Kier alpha value is -3.43. The van der Waals surface area contributed by atoms with E-state index < -0.39 is 0 Å². The average Bonchev–Trinajstić information content (AvgIpc) is 3.39. The van der Waals surface area contributed by atoms with E-state index in [1.54, 1.807) is 6.20 Å². The Morgan fingerprint density at radius 3 is 2.91 bits per heavy atom. The molecule has 0 atom stereocenters. The van der Waals surface area contributed by atoms with E-state index in [4.69, 9.17) is 0 Å². The number of nitrogens with zero attached hydrogens (tertiary/aromatic N) is 5. The van der Waals surface area contributed by atoms with Crippen molar-refractivity contribution in [1.29, 1.82) is 0 Å². The number of aromatic amines is 1. The SMILES string of the molecule is O=C(c1cccc(N2C=C(Nc3cc(C4CC4)[nH]n3)[N+]3C=CN=C3C2)c1)N1CCNCC1. The van der Waals surface area contributed by atoms with Crippen molar-refractivity contribution < 1.29 is 4.79 Å². The number of aromatic nitrogens is 2. The van der Waals surface area contributed by atoms with Crippen LogP contribution in [-0.2, 0) is 0 Å². The lowest BCUT2D eigenvalue weighted by molar-refractivity contribution is 0.0736. The number of piperazine rings is 1. The van der Waals surface area contributed by atoms with E-state index in [1.165, 1.54) is 18.5 Å². The van der Waals surface area contributed by atoms with Crippen LogP contribution < -0.4 is 20.4 Å². The Balaban J connectivity index is 1.26. The topological polar surface area (TPSA) is 94.5 Å². The highest BCUT2D eigenvalue weighted by Gasteiger charge is 2.38. The van der Waals surface area contributed by atoms with E-state index >= 15 is 0 Å². The second kappa shape index (κ2) is 7.92. The second-order valence-corrected chi connectivity index (χ2v) is 8.56. The standard InChI is InChI=1S/C23H26N8O/c32-23(29-9-6-24-7-10-29)17-2-1-3-18(12-17)30-14-21-25-8-11-31(21)22(15-30)26-20-13-19(27-28-20)16-4-5-16/h1-3,8,11-13,15-16,24H,4-7,9-10,14H2,(H2,26,27,28)/q+1. The molecule has 0 unspecified atom stereocenters. The van der Waals surface area contributed by atoms with Crippen molar-refractivity contribution in [3.63, 3.8) is 0 Å². The molecule has 1 aliphatic carbocycles. The number of carbonyl (C=O) groups excluding carboxylic acids is 1. The summed E-state index contributed by atoms with van der Waals surface area (Å²) in [7, 11) is 0. The molecule has 1 saturated carbocycles.